The maximum atomic E-state index is 6.74. The van der Waals surface area contributed by atoms with E-state index in [2.05, 4.69) is 287 Å². The molecule has 12 aromatic rings. The van der Waals surface area contributed by atoms with E-state index in [0.717, 1.165) is 89.9 Å². The van der Waals surface area contributed by atoms with Crippen molar-refractivity contribution in [2.45, 2.75) is 10.8 Å². The van der Waals surface area contributed by atoms with Crippen LogP contribution >= 0.6 is 22.7 Å². The molecule has 8 heteroatoms. The summed E-state index contributed by atoms with van der Waals surface area (Å²) in [6.07, 6.45) is 0. The van der Waals surface area contributed by atoms with Crippen LogP contribution in [0.1, 0.15) is 43.1 Å². The summed E-state index contributed by atoms with van der Waals surface area (Å²) in [5.74, 6) is 3.28. The summed E-state index contributed by atoms with van der Waals surface area (Å²) in [5.41, 5.74) is 16.5. The Morgan fingerprint density at radius 3 is 0.808 bits per heavy atom. The molecule has 0 radical (unpaired) electrons. The first-order valence-corrected chi connectivity index (χ1v) is 28.0. The average Bonchev–Trinajstić information content (AvgIpc) is 3.74. The number of thiophene rings is 2. The molecule has 0 saturated heterocycles. The molecule has 10 aromatic carbocycles. The normalized spacial score (nSPS) is 15.0. The number of para-hydroxylation sites is 14. The average molecular weight is 1040 g/mol. The highest BCUT2D eigenvalue weighted by molar-refractivity contribution is 7.18. The van der Waals surface area contributed by atoms with E-state index in [9.17, 15) is 0 Å². The van der Waals surface area contributed by atoms with E-state index >= 15 is 0 Å². The molecule has 2 aromatic heterocycles. The van der Waals surface area contributed by atoms with Crippen LogP contribution in [0.2, 0.25) is 0 Å². The maximum Gasteiger partial charge on any atom is 0.151 e. The second-order valence-corrected chi connectivity index (χ2v) is 22.4. The van der Waals surface area contributed by atoms with Crippen LogP contribution in [0.5, 0.6) is 23.0 Å². The molecule has 1 aliphatic carbocycles. The topological polar surface area (TPSA) is 31.4 Å². The lowest BCUT2D eigenvalue weighted by Gasteiger charge is -2.53. The van der Waals surface area contributed by atoms with Crippen molar-refractivity contribution in [1.29, 1.82) is 0 Å². The number of rotatable bonds is 4. The minimum Gasteiger partial charge on any atom is -0.453 e. The molecular weight excluding hydrogens is 993 g/mol. The van der Waals surface area contributed by atoms with Crippen molar-refractivity contribution in [2.24, 2.45) is 0 Å². The Hall–Kier alpha value is -9.60. The largest absolute Gasteiger partial charge is 0.453 e. The Kier molecular flexibility index (Phi) is 9.20. The molecule has 0 N–H and O–H groups in total. The number of hydrogen-bond acceptors (Lipinski definition) is 8. The predicted molar refractivity (Wildman–Crippen MR) is 318 cm³/mol. The molecule has 0 amide bonds. The smallest absolute Gasteiger partial charge is 0.151 e. The highest BCUT2D eigenvalue weighted by Crippen LogP contribution is 2.73. The van der Waals surface area contributed by atoms with E-state index in [4.69, 9.17) is 9.47 Å². The van der Waals surface area contributed by atoms with E-state index in [1.807, 2.05) is 22.7 Å². The van der Waals surface area contributed by atoms with Crippen molar-refractivity contribution in [2.75, 3.05) is 19.6 Å². The number of hydrogen-bond donors (Lipinski definition) is 0. The van der Waals surface area contributed by atoms with Crippen LogP contribution in [0.3, 0.4) is 0 Å². The standard InChI is InChI=1S/C70H44N4O2S2/c1-3-23-45(24-4-1)71-53-31-11-7-27-47(53)69(48-28-8-12-32-54(48)71)51-43-65(73-57-35-15-19-39-61(57)75-62-40-20-16-36-58(62)73)78-68(51)70(49-29-9-13-33-55(49)72(46-25-5-2-6-26-46)56-34-14-10-30-50(56)70)52-44-66(77-67(52)69)74-59-37-17-21-41-63(59)76-64-42-22-18-38-60(64)74/h1-44H. The molecule has 17 rings (SSSR count). The van der Waals surface area contributed by atoms with Gasteiger partial charge < -0.3 is 19.3 Å². The van der Waals surface area contributed by atoms with Crippen LogP contribution < -0.4 is 29.1 Å². The third-order valence-corrected chi connectivity index (χ3v) is 18.9. The zero-order chi connectivity index (χ0) is 51.1. The molecule has 5 aliphatic rings. The van der Waals surface area contributed by atoms with Gasteiger partial charge in [-0.05, 0) is 143 Å². The summed E-state index contributed by atoms with van der Waals surface area (Å²) in [6, 6.07) is 97.5. The van der Waals surface area contributed by atoms with Gasteiger partial charge in [0.05, 0.1) is 56.3 Å². The molecule has 2 spiro atoms. The number of fused-ring (bicyclic) bond motifs is 18. The maximum absolute atomic E-state index is 6.74. The van der Waals surface area contributed by atoms with Gasteiger partial charge in [-0.25, -0.2) is 0 Å². The molecule has 78 heavy (non-hydrogen) atoms. The van der Waals surface area contributed by atoms with E-state index < -0.39 is 10.8 Å². The lowest BCUT2D eigenvalue weighted by atomic mass is 9.53. The molecule has 0 fully saturated rings. The van der Waals surface area contributed by atoms with Gasteiger partial charge in [0.1, 0.15) is 10.0 Å². The second kappa shape index (κ2) is 16.5. The van der Waals surface area contributed by atoms with Crippen molar-refractivity contribution < 1.29 is 9.47 Å². The molecule has 0 saturated carbocycles. The van der Waals surface area contributed by atoms with Crippen molar-refractivity contribution in [3.05, 3.63) is 310 Å². The third-order valence-electron chi connectivity index (χ3n) is 16.5. The first kappa shape index (κ1) is 43.6. The quantitative estimate of drug-likeness (QED) is 0.175. The molecule has 6 nitrogen and oxygen atoms in total. The fourth-order valence-corrected chi connectivity index (χ4v) is 16.4. The Bertz CT molecular complexity index is 3900. The molecular formula is C70H44N4O2S2. The van der Waals surface area contributed by atoms with Gasteiger partial charge in [0.2, 0.25) is 0 Å². The van der Waals surface area contributed by atoms with Gasteiger partial charge in [0.25, 0.3) is 0 Å². The molecule has 368 valence electrons. The fraction of sp³-hybridized carbons (Fsp3) is 0.0286. The zero-order valence-corrected chi connectivity index (χ0v) is 43.5. The Balaban J connectivity index is 1.07. The summed E-state index contributed by atoms with van der Waals surface area (Å²) < 4.78 is 13.5. The monoisotopic (exact) mass is 1040 g/mol. The Morgan fingerprint density at radius 2 is 0.500 bits per heavy atom. The number of ether oxygens (including phenoxy) is 2. The van der Waals surface area contributed by atoms with Crippen LogP contribution in [0.15, 0.2) is 267 Å². The summed E-state index contributed by atoms with van der Waals surface area (Å²) in [6.45, 7) is 0. The highest BCUT2D eigenvalue weighted by atomic mass is 32.1. The van der Waals surface area contributed by atoms with Crippen LogP contribution in [0.4, 0.5) is 66.9 Å². The lowest BCUT2D eigenvalue weighted by Crippen LogP contribution is -2.47. The summed E-state index contributed by atoms with van der Waals surface area (Å²) in [7, 11) is 0. The fourth-order valence-electron chi connectivity index (χ4n) is 13.5. The summed E-state index contributed by atoms with van der Waals surface area (Å²) in [5, 5.41) is 2.21. The van der Waals surface area contributed by atoms with Gasteiger partial charge in [0.15, 0.2) is 23.0 Å². The van der Waals surface area contributed by atoms with Gasteiger partial charge in [-0.2, -0.15) is 0 Å². The summed E-state index contributed by atoms with van der Waals surface area (Å²) in [4.78, 5) is 12.4. The molecule has 0 bridgehead atoms. The van der Waals surface area contributed by atoms with Gasteiger partial charge in [-0.3, -0.25) is 9.80 Å². The second-order valence-electron chi connectivity index (χ2n) is 20.3. The Morgan fingerprint density at radius 1 is 0.244 bits per heavy atom. The van der Waals surface area contributed by atoms with E-state index in [1.54, 1.807) is 0 Å². The molecule has 0 atom stereocenters. The lowest BCUT2D eigenvalue weighted by molar-refractivity contribution is 0.477. The third kappa shape index (κ3) is 5.74. The Labute approximate surface area is 459 Å². The van der Waals surface area contributed by atoms with Crippen molar-refractivity contribution in [3.8, 4) is 23.0 Å². The minimum atomic E-state index is -0.844. The molecule has 6 heterocycles. The van der Waals surface area contributed by atoms with Crippen LogP contribution in [-0.4, -0.2) is 0 Å². The SMILES string of the molecule is c1ccc(N2c3ccccc3C3(c4ccccc42)c2cc(N4c5ccccc5Oc5ccccc54)sc2C2(c4ccccc4N(c4ccccc4)c4ccccc42)c2cc(N4c5ccccc5Oc5ccccc54)sc23)cc1. The van der Waals surface area contributed by atoms with Gasteiger partial charge in [-0.15, -0.1) is 22.7 Å². The number of nitrogens with zero attached hydrogens (tertiary/aromatic N) is 4. The zero-order valence-electron chi connectivity index (χ0n) is 41.8. The minimum absolute atomic E-state index is 0.820. The van der Waals surface area contributed by atoms with Gasteiger partial charge in [0, 0.05) is 21.1 Å². The van der Waals surface area contributed by atoms with Gasteiger partial charge in [-0.1, -0.05) is 158 Å². The van der Waals surface area contributed by atoms with E-state index in [1.165, 1.54) is 43.1 Å². The highest BCUT2D eigenvalue weighted by Gasteiger charge is 2.62. The van der Waals surface area contributed by atoms with Crippen LogP contribution in [-0.2, 0) is 10.8 Å². The predicted octanol–water partition coefficient (Wildman–Crippen LogP) is 19.6. The van der Waals surface area contributed by atoms with Gasteiger partial charge >= 0.3 is 0 Å². The van der Waals surface area contributed by atoms with Crippen LogP contribution in [0.25, 0.3) is 0 Å². The first-order valence-electron chi connectivity index (χ1n) is 26.4. The van der Waals surface area contributed by atoms with Crippen LogP contribution in [0, 0.1) is 0 Å². The van der Waals surface area contributed by atoms with Crippen molar-refractivity contribution in [3.63, 3.8) is 0 Å². The van der Waals surface area contributed by atoms with E-state index in [-0.39, 0.29) is 0 Å². The van der Waals surface area contributed by atoms with E-state index in [0.29, 0.717) is 0 Å². The first-order chi connectivity index (χ1) is 38.7. The molecule has 4 aliphatic heterocycles. The van der Waals surface area contributed by atoms with Crippen molar-refractivity contribution >= 4 is 89.5 Å². The molecule has 0 unspecified atom stereocenters. The van der Waals surface area contributed by atoms with Crippen molar-refractivity contribution in [1.82, 2.24) is 0 Å². The summed E-state index contributed by atoms with van der Waals surface area (Å²) >= 11 is 3.82. The number of anilines is 12. The number of benzene rings is 10.